The predicted octanol–water partition coefficient (Wildman–Crippen LogP) is 5.52. The van der Waals surface area contributed by atoms with Crippen molar-refractivity contribution >= 4 is 15.9 Å². The Bertz CT molecular complexity index is 324. The van der Waals surface area contributed by atoms with E-state index < -0.39 is 0 Å². The van der Waals surface area contributed by atoms with Gasteiger partial charge in [0, 0.05) is 4.47 Å². The zero-order valence-corrected chi connectivity index (χ0v) is 11.7. The molecule has 0 aliphatic heterocycles. The second kappa shape index (κ2) is 5.86. The van der Waals surface area contributed by atoms with Gasteiger partial charge in [-0.05, 0) is 55.2 Å². The fourth-order valence-electron chi connectivity index (χ4n) is 2.95. The summed E-state index contributed by atoms with van der Waals surface area (Å²) in [7, 11) is 0. The Kier molecular flexibility index (Phi) is 4.45. The Morgan fingerprint density at radius 1 is 1.19 bits per heavy atom. The summed E-state index contributed by atoms with van der Waals surface area (Å²) in [5.74, 6) is 1.82. The molecule has 88 valence electrons. The van der Waals surface area contributed by atoms with Gasteiger partial charge in [-0.2, -0.15) is 0 Å². The van der Waals surface area contributed by atoms with E-state index >= 15 is 0 Å². The zero-order valence-electron chi connectivity index (χ0n) is 10.1. The number of benzene rings is 1. The van der Waals surface area contributed by atoms with Crippen molar-refractivity contribution < 1.29 is 0 Å². The van der Waals surface area contributed by atoms with Gasteiger partial charge in [0.1, 0.15) is 0 Å². The van der Waals surface area contributed by atoms with Gasteiger partial charge in [0.25, 0.3) is 0 Å². The zero-order chi connectivity index (χ0) is 11.4. The highest BCUT2D eigenvalue weighted by molar-refractivity contribution is 9.10. The summed E-state index contributed by atoms with van der Waals surface area (Å²) in [4.78, 5) is 0. The summed E-state index contributed by atoms with van der Waals surface area (Å²) in [5, 5.41) is 0. The van der Waals surface area contributed by atoms with E-state index in [0.29, 0.717) is 0 Å². The van der Waals surface area contributed by atoms with Crippen LogP contribution < -0.4 is 0 Å². The third-order valence-corrected chi connectivity index (χ3v) is 4.36. The molecule has 0 heterocycles. The quantitative estimate of drug-likeness (QED) is 0.684. The van der Waals surface area contributed by atoms with Crippen LogP contribution in [-0.2, 0) is 0 Å². The molecule has 1 saturated carbocycles. The Balaban J connectivity index is 1.94. The van der Waals surface area contributed by atoms with Gasteiger partial charge in [-0.3, -0.25) is 0 Å². The van der Waals surface area contributed by atoms with Crippen molar-refractivity contribution in [3.05, 3.63) is 34.3 Å². The fraction of sp³-hybridized carbons (Fsp3) is 0.600. The number of rotatable bonds is 3. The predicted molar refractivity (Wildman–Crippen MR) is 73.7 cm³/mol. The van der Waals surface area contributed by atoms with Gasteiger partial charge in [0.2, 0.25) is 0 Å². The molecule has 0 nitrogen and oxygen atoms in total. The van der Waals surface area contributed by atoms with Gasteiger partial charge >= 0.3 is 0 Å². The van der Waals surface area contributed by atoms with Gasteiger partial charge in [0.15, 0.2) is 0 Å². The molecule has 2 rings (SSSR count). The first-order valence-electron chi connectivity index (χ1n) is 6.55. The molecular formula is C15H21Br. The Hall–Kier alpha value is -0.300. The van der Waals surface area contributed by atoms with Crippen molar-refractivity contribution in [2.75, 3.05) is 0 Å². The molecule has 1 aromatic carbocycles. The van der Waals surface area contributed by atoms with Crippen LogP contribution in [0.25, 0.3) is 0 Å². The van der Waals surface area contributed by atoms with Crippen molar-refractivity contribution in [1.29, 1.82) is 0 Å². The maximum Gasteiger partial charge on any atom is 0.0178 e. The highest BCUT2D eigenvalue weighted by Gasteiger charge is 2.21. The Morgan fingerprint density at radius 2 is 1.94 bits per heavy atom. The number of hydrogen-bond donors (Lipinski definition) is 0. The number of halogens is 1. The van der Waals surface area contributed by atoms with E-state index in [0.717, 1.165) is 11.8 Å². The summed E-state index contributed by atoms with van der Waals surface area (Å²) >= 11 is 3.57. The van der Waals surface area contributed by atoms with Crippen molar-refractivity contribution in [2.45, 2.75) is 51.4 Å². The SMILES string of the molecule is CCCC1CCC(c2cccc(Br)c2)CC1. The lowest BCUT2D eigenvalue weighted by atomic mass is 9.77. The standard InChI is InChI=1S/C15H21Br/c1-2-4-12-7-9-13(10-8-12)14-5-3-6-15(16)11-14/h3,5-6,11-13H,2,4,7-10H2,1H3. The second-order valence-corrected chi connectivity index (χ2v) is 5.98. The molecule has 16 heavy (non-hydrogen) atoms. The van der Waals surface area contributed by atoms with Crippen LogP contribution in [0, 0.1) is 5.92 Å². The molecular weight excluding hydrogens is 260 g/mol. The van der Waals surface area contributed by atoms with Gasteiger partial charge in [0.05, 0.1) is 0 Å². The van der Waals surface area contributed by atoms with Crippen molar-refractivity contribution in [1.82, 2.24) is 0 Å². The van der Waals surface area contributed by atoms with Crippen LogP contribution in [0.4, 0.5) is 0 Å². The minimum absolute atomic E-state index is 0.811. The largest absolute Gasteiger partial charge is 0.0654 e. The normalized spacial score (nSPS) is 25.6. The maximum atomic E-state index is 3.57. The van der Waals surface area contributed by atoms with Crippen molar-refractivity contribution in [3.63, 3.8) is 0 Å². The van der Waals surface area contributed by atoms with Crippen LogP contribution in [0.15, 0.2) is 28.7 Å². The van der Waals surface area contributed by atoms with Crippen molar-refractivity contribution in [3.8, 4) is 0 Å². The molecule has 0 amide bonds. The smallest absolute Gasteiger partial charge is 0.0178 e. The fourth-order valence-corrected chi connectivity index (χ4v) is 3.37. The Morgan fingerprint density at radius 3 is 2.56 bits per heavy atom. The molecule has 0 atom stereocenters. The highest BCUT2D eigenvalue weighted by atomic mass is 79.9. The van der Waals surface area contributed by atoms with Crippen LogP contribution in [-0.4, -0.2) is 0 Å². The minimum Gasteiger partial charge on any atom is -0.0654 e. The van der Waals surface area contributed by atoms with E-state index in [4.69, 9.17) is 0 Å². The van der Waals surface area contributed by atoms with E-state index in [-0.39, 0.29) is 0 Å². The molecule has 1 aliphatic rings. The van der Waals surface area contributed by atoms with Crippen LogP contribution in [0.5, 0.6) is 0 Å². The van der Waals surface area contributed by atoms with E-state index in [2.05, 4.69) is 47.1 Å². The van der Waals surface area contributed by atoms with Gasteiger partial charge in [-0.25, -0.2) is 0 Å². The first kappa shape index (κ1) is 12.2. The average molecular weight is 281 g/mol. The van der Waals surface area contributed by atoms with E-state index in [1.807, 2.05) is 0 Å². The van der Waals surface area contributed by atoms with Crippen LogP contribution in [0.2, 0.25) is 0 Å². The minimum atomic E-state index is 0.811. The molecule has 0 N–H and O–H groups in total. The molecule has 0 radical (unpaired) electrons. The first-order valence-corrected chi connectivity index (χ1v) is 7.34. The first-order chi connectivity index (χ1) is 7.79. The summed E-state index contributed by atoms with van der Waals surface area (Å²) in [6.07, 6.45) is 8.44. The van der Waals surface area contributed by atoms with E-state index in [1.54, 1.807) is 0 Å². The van der Waals surface area contributed by atoms with Gasteiger partial charge in [-0.1, -0.05) is 47.8 Å². The van der Waals surface area contributed by atoms with E-state index in [9.17, 15) is 0 Å². The lowest BCUT2D eigenvalue weighted by Crippen LogP contribution is -2.13. The van der Waals surface area contributed by atoms with Gasteiger partial charge in [-0.15, -0.1) is 0 Å². The molecule has 0 unspecified atom stereocenters. The lowest BCUT2D eigenvalue weighted by Gasteiger charge is -2.28. The summed E-state index contributed by atoms with van der Waals surface area (Å²) in [6, 6.07) is 8.87. The van der Waals surface area contributed by atoms with Gasteiger partial charge < -0.3 is 0 Å². The molecule has 0 aromatic heterocycles. The monoisotopic (exact) mass is 280 g/mol. The molecule has 0 bridgehead atoms. The van der Waals surface area contributed by atoms with Crippen molar-refractivity contribution in [2.24, 2.45) is 5.92 Å². The Labute approximate surface area is 108 Å². The molecule has 1 aromatic rings. The lowest BCUT2D eigenvalue weighted by molar-refractivity contribution is 0.308. The summed E-state index contributed by atoms with van der Waals surface area (Å²) in [5.41, 5.74) is 1.53. The molecule has 0 spiro atoms. The third kappa shape index (κ3) is 3.10. The van der Waals surface area contributed by atoms with Crippen LogP contribution in [0.1, 0.15) is 56.9 Å². The van der Waals surface area contributed by atoms with Crippen LogP contribution >= 0.6 is 15.9 Å². The highest BCUT2D eigenvalue weighted by Crippen LogP contribution is 2.37. The molecule has 1 fully saturated rings. The molecule has 1 heteroatoms. The van der Waals surface area contributed by atoms with E-state index in [1.165, 1.54) is 48.6 Å². The second-order valence-electron chi connectivity index (χ2n) is 5.06. The van der Waals surface area contributed by atoms with Crippen LogP contribution in [0.3, 0.4) is 0 Å². The summed E-state index contributed by atoms with van der Waals surface area (Å²) in [6.45, 7) is 2.31. The maximum absolute atomic E-state index is 3.57. The molecule has 0 saturated heterocycles. The summed E-state index contributed by atoms with van der Waals surface area (Å²) < 4.78 is 1.22. The topological polar surface area (TPSA) is 0 Å². The number of hydrogen-bond acceptors (Lipinski definition) is 0. The third-order valence-electron chi connectivity index (χ3n) is 3.86. The molecule has 1 aliphatic carbocycles. The average Bonchev–Trinajstić information content (AvgIpc) is 2.30.